The maximum atomic E-state index is 11.8. The highest BCUT2D eigenvalue weighted by Gasteiger charge is 2.35. The Hall–Kier alpha value is -2.37. The molecule has 0 unspecified atom stereocenters. The molecule has 1 aromatic heterocycles. The number of fused-ring (bicyclic) bond motifs is 1. The molecule has 0 bridgehead atoms. The second-order valence-electron chi connectivity index (χ2n) is 6.87. The molecule has 0 radical (unpaired) electrons. The van der Waals surface area contributed by atoms with Crippen LogP contribution in [-0.4, -0.2) is 34.8 Å². The monoisotopic (exact) mass is 369 g/mol. The Bertz CT molecular complexity index is 976. The Balaban J connectivity index is 1.57. The molecule has 1 aliphatic rings. The SMILES string of the molecule is O=c1[nH]cnc2cc(N3CCC(CO)(c4ccc(Cl)cc4)CC3)ccc12. The number of hydrogen-bond donors (Lipinski definition) is 2. The first kappa shape index (κ1) is 17.1. The van der Waals surface area contributed by atoms with E-state index in [0.717, 1.165) is 37.2 Å². The molecular formula is C20H20ClN3O2. The zero-order chi connectivity index (χ0) is 18.1. The number of nitrogens with zero attached hydrogens (tertiary/aromatic N) is 2. The largest absolute Gasteiger partial charge is 0.395 e. The van der Waals surface area contributed by atoms with Gasteiger partial charge in [-0.2, -0.15) is 0 Å². The van der Waals surface area contributed by atoms with Crippen LogP contribution in [-0.2, 0) is 5.41 Å². The first-order chi connectivity index (χ1) is 12.6. The van der Waals surface area contributed by atoms with Crippen LogP contribution in [0.15, 0.2) is 53.6 Å². The van der Waals surface area contributed by atoms with Crippen LogP contribution in [0.2, 0.25) is 5.02 Å². The number of nitrogens with one attached hydrogen (secondary N) is 1. The number of aliphatic hydroxyl groups excluding tert-OH is 1. The summed E-state index contributed by atoms with van der Waals surface area (Å²) in [6, 6.07) is 13.5. The van der Waals surface area contributed by atoms with Crippen molar-refractivity contribution in [1.82, 2.24) is 9.97 Å². The highest BCUT2D eigenvalue weighted by molar-refractivity contribution is 6.30. The molecule has 0 spiro atoms. The topological polar surface area (TPSA) is 69.2 Å². The predicted octanol–water partition coefficient (Wildman–Crippen LogP) is 3.11. The first-order valence-electron chi connectivity index (χ1n) is 8.71. The summed E-state index contributed by atoms with van der Waals surface area (Å²) in [6.45, 7) is 1.78. The molecule has 1 fully saturated rings. The number of aliphatic hydroxyl groups is 1. The van der Waals surface area contributed by atoms with Crippen LogP contribution in [0.1, 0.15) is 18.4 Å². The molecule has 3 aromatic rings. The van der Waals surface area contributed by atoms with Gasteiger partial charge in [-0.05, 0) is 48.7 Å². The lowest BCUT2D eigenvalue weighted by Crippen LogP contribution is -2.44. The molecule has 4 rings (SSSR count). The molecule has 0 aliphatic carbocycles. The van der Waals surface area contributed by atoms with Gasteiger partial charge in [0, 0.05) is 29.2 Å². The Morgan fingerprint density at radius 3 is 2.58 bits per heavy atom. The quantitative estimate of drug-likeness (QED) is 0.744. The fourth-order valence-electron chi connectivity index (χ4n) is 3.79. The van der Waals surface area contributed by atoms with Crippen molar-refractivity contribution >= 4 is 28.2 Å². The van der Waals surface area contributed by atoms with Crippen molar-refractivity contribution in [2.75, 3.05) is 24.6 Å². The number of anilines is 1. The van der Waals surface area contributed by atoms with Crippen molar-refractivity contribution in [2.24, 2.45) is 0 Å². The summed E-state index contributed by atoms with van der Waals surface area (Å²) in [6.07, 6.45) is 3.14. The van der Waals surface area contributed by atoms with E-state index in [-0.39, 0.29) is 17.6 Å². The smallest absolute Gasteiger partial charge is 0.258 e. The van der Waals surface area contributed by atoms with Gasteiger partial charge >= 0.3 is 0 Å². The van der Waals surface area contributed by atoms with Crippen LogP contribution in [0.4, 0.5) is 5.69 Å². The van der Waals surface area contributed by atoms with E-state index in [2.05, 4.69) is 14.9 Å². The third kappa shape index (κ3) is 2.97. The van der Waals surface area contributed by atoms with Crippen molar-refractivity contribution in [2.45, 2.75) is 18.3 Å². The van der Waals surface area contributed by atoms with Crippen molar-refractivity contribution in [3.63, 3.8) is 0 Å². The van der Waals surface area contributed by atoms with Gasteiger partial charge < -0.3 is 15.0 Å². The molecule has 5 nitrogen and oxygen atoms in total. The molecule has 26 heavy (non-hydrogen) atoms. The van der Waals surface area contributed by atoms with Crippen LogP contribution in [0, 0.1) is 0 Å². The molecule has 134 valence electrons. The predicted molar refractivity (Wildman–Crippen MR) is 104 cm³/mol. The van der Waals surface area contributed by atoms with E-state index in [1.165, 1.54) is 6.33 Å². The van der Waals surface area contributed by atoms with Gasteiger partial charge in [-0.15, -0.1) is 0 Å². The molecule has 0 amide bonds. The van der Waals surface area contributed by atoms with Gasteiger partial charge in [-0.3, -0.25) is 4.79 Å². The molecule has 0 atom stereocenters. The number of rotatable bonds is 3. The van der Waals surface area contributed by atoms with Crippen LogP contribution in [0.5, 0.6) is 0 Å². The Morgan fingerprint density at radius 2 is 1.88 bits per heavy atom. The van der Waals surface area contributed by atoms with Gasteiger partial charge in [0.1, 0.15) is 0 Å². The maximum absolute atomic E-state index is 11.8. The number of H-pyrrole nitrogens is 1. The maximum Gasteiger partial charge on any atom is 0.258 e. The molecule has 0 saturated carbocycles. The minimum atomic E-state index is -0.229. The average Bonchev–Trinajstić information content (AvgIpc) is 2.68. The van der Waals surface area contributed by atoms with Crippen LogP contribution >= 0.6 is 11.6 Å². The lowest BCUT2D eigenvalue weighted by Gasteiger charge is -2.42. The minimum Gasteiger partial charge on any atom is -0.395 e. The normalized spacial score (nSPS) is 16.8. The number of piperidine rings is 1. The minimum absolute atomic E-state index is 0.122. The van der Waals surface area contributed by atoms with E-state index >= 15 is 0 Å². The van der Waals surface area contributed by atoms with E-state index in [0.29, 0.717) is 15.9 Å². The van der Waals surface area contributed by atoms with Crippen molar-refractivity contribution in [3.8, 4) is 0 Å². The number of halogens is 1. The fraction of sp³-hybridized carbons (Fsp3) is 0.300. The molecule has 1 saturated heterocycles. The summed E-state index contributed by atoms with van der Waals surface area (Å²) in [5, 5.41) is 11.4. The molecule has 6 heteroatoms. The Kier molecular flexibility index (Phi) is 4.42. The Morgan fingerprint density at radius 1 is 1.15 bits per heavy atom. The highest BCUT2D eigenvalue weighted by Crippen LogP contribution is 2.37. The third-order valence-corrected chi connectivity index (χ3v) is 5.72. The fourth-order valence-corrected chi connectivity index (χ4v) is 3.91. The van der Waals surface area contributed by atoms with E-state index in [1.54, 1.807) is 0 Å². The van der Waals surface area contributed by atoms with Gasteiger partial charge in [0.15, 0.2) is 0 Å². The number of benzene rings is 2. The number of hydrogen-bond acceptors (Lipinski definition) is 4. The summed E-state index contributed by atoms with van der Waals surface area (Å²) < 4.78 is 0. The van der Waals surface area contributed by atoms with Gasteiger partial charge in [0.25, 0.3) is 5.56 Å². The molecule has 2 N–H and O–H groups in total. The lowest BCUT2D eigenvalue weighted by molar-refractivity contribution is 0.165. The lowest BCUT2D eigenvalue weighted by atomic mass is 9.73. The average molecular weight is 370 g/mol. The van der Waals surface area contributed by atoms with Crippen molar-refractivity contribution in [1.29, 1.82) is 0 Å². The molecular weight excluding hydrogens is 350 g/mol. The van der Waals surface area contributed by atoms with Gasteiger partial charge in [-0.1, -0.05) is 23.7 Å². The standard InChI is InChI=1S/C20H20ClN3O2/c21-15-3-1-14(2-4-15)20(12-25)7-9-24(10-8-20)16-5-6-17-18(11-16)22-13-23-19(17)26/h1-6,11,13,25H,7-10,12H2,(H,22,23,26). The summed E-state index contributed by atoms with van der Waals surface area (Å²) in [5.41, 5.74) is 2.53. The van der Waals surface area contributed by atoms with Crippen molar-refractivity contribution < 1.29 is 5.11 Å². The summed E-state index contributed by atoms with van der Waals surface area (Å²) in [7, 11) is 0. The Labute approximate surface area is 156 Å². The third-order valence-electron chi connectivity index (χ3n) is 5.47. The molecule has 2 aromatic carbocycles. The van der Waals surface area contributed by atoms with Crippen molar-refractivity contribution in [3.05, 3.63) is 69.7 Å². The van der Waals surface area contributed by atoms with E-state index < -0.39 is 0 Å². The molecule has 1 aliphatic heterocycles. The highest BCUT2D eigenvalue weighted by atomic mass is 35.5. The van der Waals surface area contributed by atoms with E-state index in [9.17, 15) is 9.90 Å². The zero-order valence-electron chi connectivity index (χ0n) is 14.3. The summed E-state index contributed by atoms with van der Waals surface area (Å²) in [5.74, 6) is 0. The zero-order valence-corrected chi connectivity index (χ0v) is 15.0. The van der Waals surface area contributed by atoms with Gasteiger partial charge in [-0.25, -0.2) is 4.98 Å². The molecule has 2 heterocycles. The van der Waals surface area contributed by atoms with Crippen LogP contribution < -0.4 is 10.5 Å². The second kappa shape index (κ2) is 6.74. The van der Waals surface area contributed by atoms with Crippen LogP contribution in [0.25, 0.3) is 10.9 Å². The number of aromatic nitrogens is 2. The number of aromatic amines is 1. The van der Waals surface area contributed by atoms with E-state index in [4.69, 9.17) is 11.6 Å². The summed E-state index contributed by atoms with van der Waals surface area (Å²) >= 11 is 6.00. The van der Waals surface area contributed by atoms with E-state index in [1.807, 2.05) is 42.5 Å². The second-order valence-corrected chi connectivity index (χ2v) is 7.30. The summed E-state index contributed by atoms with van der Waals surface area (Å²) in [4.78, 5) is 21.0. The first-order valence-corrected chi connectivity index (χ1v) is 9.08. The van der Waals surface area contributed by atoms with Gasteiger partial charge in [0.2, 0.25) is 0 Å². The van der Waals surface area contributed by atoms with Crippen LogP contribution in [0.3, 0.4) is 0 Å². The van der Waals surface area contributed by atoms with Gasteiger partial charge in [0.05, 0.1) is 23.8 Å².